The van der Waals surface area contributed by atoms with Crippen molar-refractivity contribution in [1.82, 2.24) is 15.3 Å². The Hall–Kier alpha value is -1.94. The summed E-state index contributed by atoms with van der Waals surface area (Å²) in [6, 6.07) is 6.35. The average Bonchev–Trinajstić information content (AvgIpc) is 2.74. The van der Waals surface area contributed by atoms with Crippen LogP contribution in [0.25, 0.3) is 0 Å². The number of fused-ring (bicyclic) bond motifs is 1. The van der Waals surface area contributed by atoms with Gasteiger partial charge in [-0.1, -0.05) is 6.07 Å². The summed E-state index contributed by atoms with van der Waals surface area (Å²) in [6.45, 7) is 5.88. The largest absolute Gasteiger partial charge is 0.324 e. The number of anilines is 2. The molecule has 2 aromatic rings. The maximum absolute atomic E-state index is 4.52. The van der Waals surface area contributed by atoms with Gasteiger partial charge in [-0.05, 0) is 37.1 Å². The Kier molecular flexibility index (Phi) is 2.72. The van der Waals surface area contributed by atoms with Gasteiger partial charge in [0, 0.05) is 30.5 Å². The zero-order valence-corrected chi connectivity index (χ0v) is 10.6. The number of nitrogens with one attached hydrogen (secondary N) is 2. The number of benzene rings is 1. The van der Waals surface area contributed by atoms with Crippen LogP contribution in [0.15, 0.2) is 24.4 Å². The molecule has 0 fully saturated rings. The van der Waals surface area contributed by atoms with E-state index in [9.17, 15) is 0 Å². The third kappa shape index (κ3) is 2.19. The van der Waals surface area contributed by atoms with E-state index in [2.05, 4.69) is 52.6 Å². The molecule has 0 unspecified atom stereocenters. The number of aromatic nitrogens is 2. The van der Waals surface area contributed by atoms with E-state index < -0.39 is 0 Å². The average molecular weight is 240 g/mol. The molecule has 0 saturated carbocycles. The first-order chi connectivity index (χ1) is 8.70. The molecule has 92 valence electrons. The first-order valence-electron chi connectivity index (χ1n) is 6.11. The van der Waals surface area contributed by atoms with Crippen molar-refractivity contribution in [2.45, 2.75) is 26.9 Å². The van der Waals surface area contributed by atoms with E-state index in [1.54, 1.807) is 0 Å². The zero-order chi connectivity index (χ0) is 12.5. The molecule has 1 aliphatic heterocycles. The van der Waals surface area contributed by atoms with Gasteiger partial charge in [-0.25, -0.2) is 9.97 Å². The molecule has 3 rings (SSSR count). The van der Waals surface area contributed by atoms with Crippen molar-refractivity contribution in [3.8, 4) is 0 Å². The van der Waals surface area contributed by atoms with Crippen LogP contribution in [0.4, 0.5) is 11.6 Å². The van der Waals surface area contributed by atoms with Crippen molar-refractivity contribution in [3.63, 3.8) is 0 Å². The topological polar surface area (TPSA) is 49.8 Å². The van der Waals surface area contributed by atoms with E-state index >= 15 is 0 Å². The van der Waals surface area contributed by atoms with Crippen LogP contribution in [0.3, 0.4) is 0 Å². The second-order valence-electron chi connectivity index (χ2n) is 4.77. The van der Waals surface area contributed by atoms with Gasteiger partial charge in [0.1, 0.15) is 0 Å². The van der Waals surface area contributed by atoms with Crippen molar-refractivity contribution in [2.24, 2.45) is 0 Å². The van der Waals surface area contributed by atoms with Crippen molar-refractivity contribution < 1.29 is 0 Å². The predicted molar refractivity (Wildman–Crippen MR) is 71.8 cm³/mol. The van der Waals surface area contributed by atoms with E-state index in [-0.39, 0.29) is 0 Å². The molecular weight excluding hydrogens is 224 g/mol. The molecule has 1 aromatic heterocycles. The van der Waals surface area contributed by atoms with Crippen molar-refractivity contribution in [2.75, 3.05) is 5.32 Å². The molecule has 4 nitrogen and oxygen atoms in total. The highest BCUT2D eigenvalue weighted by Gasteiger charge is 2.12. The summed E-state index contributed by atoms with van der Waals surface area (Å²) >= 11 is 0. The van der Waals surface area contributed by atoms with Crippen molar-refractivity contribution in [3.05, 3.63) is 46.8 Å². The normalized spacial score (nSPS) is 13.4. The fourth-order valence-corrected chi connectivity index (χ4v) is 2.29. The van der Waals surface area contributed by atoms with Gasteiger partial charge in [0.25, 0.3) is 0 Å². The van der Waals surface area contributed by atoms with Crippen LogP contribution in [0.5, 0.6) is 0 Å². The lowest BCUT2D eigenvalue weighted by Gasteiger charge is -2.08. The summed E-state index contributed by atoms with van der Waals surface area (Å²) in [5.74, 6) is 0.669. The monoisotopic (exact) mass is 240 g/mol. The van der Waals surface area contributed by atoms with E-state index in [0.29, 0.717) is 5.95 Å². The third-order valence-corrected chi connectivity index (χ3v) is 3.04. The van der Waals surface area contributed by atoms with Crippen molar-refractivity contribution >= 4 is 11.6 Å². The molecule has 1 aromatic carbocycles. The highest BCUT2D eigenvalue weighted by Crippen LogP contribution is 2.19. The Bertz CT molecular complexity index is 572. The van der Waals surface area contributed by atoms with Gasteiger partial charge < -0.3 is 10.6 Å². The van der Waals surface area contributed by atoms with E-state index in [0.717, 1.165) is 24.5 Å². The number of hydrogen-bond donors (Lipinski definition) is 2. The van der Waals surface area contributed by atoms with E-state index in [1.807, 2.05) is 6.20 Å². The Morgan fingerprint density at radius 3 is 2.67 bits per heavy atom. The van der Waals surface area contributed by atoms with Gasteiger partial charge in [-0.2, -0.15) is 0 Å². The lowest BCUT2D eigenvalue weighted by atomic mass is 10.1. The van der Waals surface area contributed by atoms with Crippen LogP contribution >= 0.6 is 0 Å². The van der Waals surface area contributed by atoms with Crippen LogP contribution in [-0.2, 0) is 13.1 Å². The van der Waals surface area contributed by atoms with Crippen LogP contribution in [0, 0.1) is 13.8 Å². The molecular formula is C14H16N4. The molecule has 18 heavy (non-hydrogen) atoms. The number of aryl methyl sites for hydroxylation is 2. The van der Waals surface area contributed by atoms with Crippen LogP contribution in [0.2, 0.25) is 0 Å². The molecule has 0 bridgehead atoms. The summed E-state index contributed by atoms with van der Waals surface area (Å²) in [6.07, 6.45) is 1.90. The minimum atomic E-state index is 0.669. The Labute approximate surface area is 106 Å². The first-order valence-corrected chi connectivity index (χ1v) is 6.11. The SMILES string of the molecule is Cc1cc(C)cc(Nc2ncc3c(n2)CNC3)c1. The summed E-state index contributed by atoms with van der Waals surface area (Å²) in [5.41, 5.74) is 5.80. The molecule has 0 aliphatic carbocycles. The standard InChI is InChI=1S/C14H16N4/c1-9-3-10(2)5-12(4-9)17-14-16-7-11-6-15-8-13(11)18-14/h3-5,7,15H,6,8H2,1-2H3,(H,16,17,18). The minimum absolute atomic E-state index is 0.669. The maximum Gasteiger partial charge on any atom is 0.227 e. The van der Waals surface area contributed by atoms with Crippen LogP contribution in [-0.4, -0.2) is 9.97 Å². The lowest BCUT2D eigenvalue weighted by molar-refractivity contribution is 0.758. The molecule has 0 amide bonds. The fraction of sp³-hybridized carbons (Fsp3) is 0.286. The molecule has 1 aliphatic rings. The summed E-state index contributed by atoms with van der Waals surface area (Å²) in [5, 5.41) is 6.53. The van der Waals surface area contributed by atoms with Gasteiger partial charge >= 0.3 is 0 Å². The molecule has 0 saturated heterocycles. The fourth-order valence-electron chi connectivity index (χ4n) is 2.29. The molecule has 2 N–H and O–H groups in total. The molecule has 0 radical (unpaired) electrons. The molecule has 4 heteroatoms. The van der Waals surface area contributed by atoms with Crippen molar-refractivity contribution in [1.29, 1.82) is 0 Å². The number of hydrogen-bond acceptors (Lipinski definition) is 4. The molecule has 0 atom stereocenters. The second kappa shape index (κ2) is 4.38. The molecule has 2 heterocycles. The van der Waals surface area contributed by atoms with Gasteiger partial charge in [-0.15, -0.1) is 0 Å². The summed E-state index contributed by atoms with van der Waals surface area (Å²) < 4.78 is 0. The molecule has 0 spiro atoms. The Morgan fingerprint density at radius 2 is 1.89 bits per heavy atom. The van der Waals surface area contributed by atoms with Gasteiger partial charge in [0.2, 0.25) is 5.95 Å². The van der Waals surface area contributed by atoms with Gasteiger partial charge in [0.15, 0.2) is 0 Å². The summed E-state index contributed by atoms with van der Waals surface area (Å²) in [7, 11) is 0. The highest BCUT2D eigenvalue weighted by molar-refractivity contribution is 5.56. The Morgan fingerprint density at radius 1 is 1.11 bits per heavy atom. The minimum Gasteiger partial charge on any atom is -0.324 e. The summed E-state index contributed by atoms with van der Waals surface area (Å²) in [4.78, 5) is 8.87. The quantitative estimate of drug-likeness (QED) is 0.846. The Balaban J connectivity index is 1.88. The first kappa shape index (κ1) is 11.2. The smallest absolute Gasteiger partial charge is 0.227 e. The predicted octanol–water partition coefficient (Wildman–Crippen LogP) is 2.44. The lowest BCUT2D eigenvalue weighted by Crippen LogP contribution is -2.02. The maximum atomic E-state index is 4.52. The van der Waals surface area contributed by atoms with E-state index in [1.165, 1.54) is 16.7 Å². The van der Waals surface area contributed by atoms with Crippen LogP contribution in [0.1, 0.15) is 22.4 Å². The van der Waals surface area contributed by atoms with Gasteiger partial charge in [0.05, 0.1) is 5.69 Å². The second-order valence-corrected chi connectivity index (χ2v) is 4.77. The number of rotatable bonds is 2. The van der Waals surface area contributed by atoms with Crippen LogP contribution < -0.4 is 10.6 Å². The zero-order valence-electron chi connectivity index (χ0n) is 10.6. The van der Waals surface area contributed by atoms with E-state index in [4.69, 9.17) is 0 Å². The highest BCUT2D eigenvalue weighted by atomic mass is 15.1. The van der Waals surface area contributed by atoms with Gasteiger partial charge in [-0.3, -0.25) is 0 Å². The number of nitrogens with zero attached hydrogens (tertiary/aromatic N) is 2. The third-order valence-electron chi connectivity index (χ3n) is 3.04.